The Balaban J connectivity index is 2.53. The van der Waals surface area contributed by atoms with Crippen LogP contribution in [0.3, 0.4) is 0 Å². The first kappa shape index (κ1) is 23.1. The van der Waals surface area contributed by atoms with E-state index in [9.17, 15) is 19.7 Å². The Kier molecular flexibility index (Phi) is 8.10. The molecule has 0 aromatic heterocycles. The number of thioether (sulfide) groups is 1. The minimum atomic E-state index is -1.06. The van der Waals surface area contributed by atoms with E-state index in [-0.39, 0.29) is 29.4 Å². The molecule has 0 bridgehead atoms. The van der Waals surface area contributed by atoms with E-state index in [0.717, 1.165) is 7.11 Å². The number of methoxy groups -OCH3 is 1. The predicted molar refractivity (Wildman–Crippen MR) is 109 cm³/mol. The smallest absolute Gasteiger partial charge is 0.437 e. The minimum absolute atomic E-state index is 0.00802. The fourth-order valence-electron chi connectivity index (χ4n) is 2.87. The van der Waals surface area contributed by atoms with Gasteiger partial charge in [-0.05, 0) is 20.1 Å². The molecule has 11 heteroatoms. The largest absolute Gasteiger partial charge is 0.513 e. The maximum atomic E-state index is 12.2. The van der Waals surface area contributed by atoms with Crippen LogP contribution in [0.1, 0.15) is 25.3 Å². The summed E-state index contributed by atoms with van der Waals surface area (Å²) >= 11 is 1.49. The molecule has 30 heavy (non-hydrogen) atoms. The van der Waals surface area contributed by atoms with Crippen LogP contribution in [0.2, 0.25) is 0 Å². The third-order valence-electron chi connectivity index (χ3n) is 4.14. The lowest BCUT2D eigenvalue weighted by Crippen LogP contribution is -2.29. The molecule has 1 aliphatic heterocycles. The van der Waals surface area contributed by atoms with E-state index in [2.05, 4.69) is 10.1 Å². The second kappa shape index (κ2) is 10.5. The average Bonchev–Trinajstić information content (AvgIpc) is 2.71. The van der Waals surface area contributed by atoms with Crippen LogP contribution in [0, 0.1) is 10.1 Å². The summed E-state index contributed by atoms with van der Waals surface area (Å²) in [5.74, 6) is -0.453. The molecule has 2 rings (SSSR count). The fraction of sp³-hybridized carbons (Fsp3) is 0.368. The number of nitrogens with one attached hydrogen (secondary N) is 1. The van der Waals surface area contributed by atoms with Gasteiger partial charge in [0, 0.05) is 17.4 Å². The van der Waals surface area contributed by atoms with Crippen LogP contribution in [0.4, 0.5) is 15.3 Å². The maximum Gasteiger partial charge on any atom is 0.513 e. The topological polar surface area (TPSA) is 126 Å². The Labute approximate surface area is 177 Å². The highest BCUT2D eigenvalue weighted by molar-refractivity contribution is 7.98. The number of carbonyl (C=O) groups excluding carboxylic acids is 2. The number of hydrogen-bond donors (Lipinski definition) is 1. The van der Waals surface area contributed by atoms with Gasteiger partial charge in [0.25, 0.3) is 5.69 Å². The Morgan fingerprint density at radius 2 is 1.73 bits per heavy atom. The lowest BCUT2D eigenvalue weighted by Gasteiger charge is -2.29. The van der Waals surface area contributed by atoms with Crippen molar-refractivity contribution in [3.8, 4) is 0 Å². The van der Waals surface area contributed by atoms with Gasteiger partial charge in [-0.2, -0.15) is 11.8 Å². The standard InChI is InChI=1S/C19H22N2O8S/c1-11-16(28-18(22)26-3)15(13-7-5-6-8-14(13)21(24)25)17(12(2)20-11)29-19(23)27-9-10-30-4/h5-8,15,20H,9-10H2,1-4H3. The van der Waals surface area contributed by atoms with Crippen LogP contribution < -0.4 is 5.32 Å². The number of para-hydroxylation sites is 1. The van der Waals surface area contributed by atoms with Crippen LogP contribution in [-0.4, -0.2) is 43.0 Å². The number of hydrogen-bond acceptors (Lipinski definition) is 10. The van der Waals surface area contributed by atoms with Gasteiger partial charge in [0.15, 0.2) is 0 Å². The lowest BCUT2D eigenvalue weighted by molar-refractivity contribution is -0.385. The number of dihydropyridines is 1. The van der Waals surface area contributed by atoms with E-state index in [1.807, 2.05) is 6.26 Å². The number of nitrogens with zero attached hydrogens (tertiary/aromatic N) is 1. The van der Waals surface area contributed by atoms with E-state index in [4.69, 9.17) is 14.2 Å². The summed E-state index contributed by atoms with van der Waals surface area (Å²) in [6.07, 6.45) is -0.127. The van der Waals surface area contributed by atoms with Crippen molar-refractivity contribution < 1.29 is 33.5 Å². The van der Waals surface area contributed by atoms with E-state index in [0.29, 0.717) is 17.1 Å². The molecule has 1 unspecified atom stereocenters. The monoisotopic (exact) mass is 438 g/mol. The number of ether oxygens (including phenoxy) is 4. The minimum Gasteiger partial charge on any atom is -0.437 e. The molecule has 0 saturated heterocycles. The zero-order valence-electron chi connectivity index (χ0n) is 16.9. The van der Waals surface area contributed by atoms with Crippen molar-refractivity contribution >= 4 is 29.8 Å². The Bertz CT molecular complexity index is 896. The van der Waals surface area contributed by atoms with Gasteiger partial charge in [-0.3, -0.25) is 10.1 Å². The van der Waals surface area contributed by atoms with Gasteiger partial charge in [-0.25, -0.2) is 9.59 Å². The molecule has 0 spiro atoms. The highest BCUT2D eigenvalue weighted by Crippen LogP contribution is 2.42. The van der Waals surface area contributed by atoms with Crippen molar-refractivity contribution in [2.24, 2.45) is 0 Å². The first-order valence-corrected chi connectivity index (χ1v) is 10.2. The number of benzene rings is 1. The molecular weight excluding hydrogens is 416 g/mol. The van der Waals surface area contributed by atoms with E-state index < -0.39 is 23.2 Å². The molecule has 0 saturated carbocycles. The molecule has 0 amide bonds. The summed E-state index contributed by atoms with van der Waals surface area (Å²) in [4.78, 5) is 35.1. The molecule has 0 radical (unpaired) electrons. The first-order valence-electron chi connectivity index (χ1n) is 8.81. The first-order chi connectivity index (χ1) is 14.3. The van der Waals surface area contributed by atoms with Gasteiger partial charge >= 0.3 is 12.3 Å². The molecule has 1 aromatic carbocycles. The molecule has 10 nitrogen and oxygen atoms in total. The fourth-order valence-corrected chi connectivity index (χ4v) is 3.12. The average molecular weight is 438 g/mol. The SMILES string of the molecule is COC(=O)OC1=C(C)NC(C)=C(OC(=O)OCCSC)C1c1ccccc1[N+](=O)[O-]. The molecule has 162 valence electrons. The number of allylic oxidation sites excluding steroid dienone is 2. The maximum absolute atomic E-state index is 12.2. The van der Waals surface area contributed by atoms with E-state index >= 15 is 0 Å². The highest BCUT2D eigenvalue weighted by Gasteiger charge is 2.38. The molecule has 0 fully saturated rings. The summed E-state index contributed by atoms with van der Waals surface area (Å²) in [5.41, 5.74) is 0.764. The third kappa shape index (κ3) is 5.44. The number of nitro benzene ring substituents is 1. The molecule has 1 atom stereocenters. The van der Waals surface area contributed by atoms with Gasteiger partial charge in [-0.15, -0.1) is 0 Å². The van der Waals surface area contributed by atoms with Crippen LogP contribution in [0.25, 0.3) is 0 Å². The second-order valence-electron chi connectivity index (χ2n) is 6.10. The second-order valence-corrected chi connectivity index (χ2v) is 7.09. The van der Waals surface area contributed by atoms with E-state index in [1.165, 1.54) is 30.0 Å². The molecule has 1 N–H and O–H groups in total. The van der Waals surface area contributed by atoms with Crippen molar-refractivity contribution in [3.63, 3.8) is 0 Å². The highest BCUT2D eigenvalue weighted by atomic mass is 32.2. The van der Waals surface area contributed by atoms with Crippen molar-refractivity contribution in [2.75, 3.05) is 25.7 Å². The molecule has 1 aromatic rings. The number of rotatable bonds is 7. The quantitative estimate of drug-likeness (QED) is 0.288. The van der Waals surface area contributed by atoms with Gasteiger partial charge < -0.3 is 24.3 Å². The normalized spacial score (nSPS) is 15.9. The van der Waals surface area contributed by atoms with Crippen LogP contribution in [0.5, 0.6) is 0 Å². The molecule has 1 heterocycles. The van der Waals surface area contributed by atoms with Gasteiger partial charge in [-0.1, -0.05) is 18.2 Å². The van der Waals surface area contributed by atoms with Crippen LogP contribution >= 0.6 is 11.8 Å². The molecular formula is C19H22N2O8S. The molecule has 1 aliphatic rings. The number of carbonyl (C=O) groups is 2. The molecule has 0 aliphatic carbocycles. The zero-order valence-corrected chi connectivity index (χ0v) is 17.7. The zero-order chi connectivity index (χ0) is 22.3. The Morgan fingerprint density at radius 1 is 1.13 bits per heavy atom. The van der Waals surface area contributed by atoms with Gasteiger partial charge in [0.05, 0.1) is 23.4 Å². The number of nitro groups is 1. The van der Waals surface area contributed by atoms with Crippen molar-refractivity contribution in [1.29, 1.82) is 0 Å². The van der Waals surface area contributed by atoms with E-state index in [1.54, 1.807) is 19.9 Å². The lowest BCUT2D eigenvalue weighted by atomic mass is 9.89. The van der Waals surface area contributed by atoms with Crippen molar-refractivity contribution in [2.45, 2.75) is 19.8 Å². The summed E-state index contributed by atoms with van der Waals surface area (Å²) in [7, 11) is 1.13. The summed E-state index contributed by atoms with van der Waals surface area (Å²) in [6, 6.07) is 5.91. The Hall–Kier alpha value is -3.21. The van der Waals surface area contributed by atoms with Gasteiger partial charge in [0.2, 0.25) is 0 Å². The third-order valence-corrected chi connectivity index (χ3v) is 4.72. The van der Waals surface area contributed by atoms with Crippen molar-refractivity contribution in [1.82, 2.24) is 5.32 Å². The summed E-state index contributed by atoms with van der Waals surface area (Å²) in [5, 5.41) is 14.6. The van der Waals surface area contributed by atoms with Crippen molar-refractivity contribution in [3.05, 3.63) is 62.9 Å². The summed E-state index contributed by atoms with van der Waals surface area (Å²) in [6.45, 7) is 3.39. The Morgan fingerprint density at radius 3 is 2.30 bits per heavy atom. The van der Waals surface area contributed by atoms with Crippen LogP contribution in [-0.2, 0) is 18.9 Å². The van der Waals surface area contributed by atoms with Crippen LogP contribution in [0.15, 0.2) is 47.2 Å². The summed E-state index contributed by atoms with van der Waals surface area (Å²) < 4.78 is 20.3. The van der Waals surface area contributed by atoms with Gasteiger partial charge in [0.1, 0.15) is 24.0 Å². The predicted octanol–water partition coefficient (Wildman–Crippen LogP) is 4.04.